The highest BCUT2D eigenvalue weighted by atomic mass is 35.5. The highest BCUT2D eigenvalue weighted by Gasteiger charge is 2.48. The fourth-order valence-corrected chi connectivity index (χ4v) is 6.76. The van der Waals surface area contributed by atoms with Crippen LogP contribution in [0.1, 0.15) is 31.2 Å². The number of halogens is 5. The zero-order valence-corrected chi connectivity index (χ0v) is 21.8. The van der Waals surface area contributed by atoms with Crippen LogP contribution in [-0.4, -0.2) is 32.1 Å². The van der Waals surface area contributed by atoms with Crippen molar-refractivity contribution in [2.24, 2.45) is 5.41 Å². The van der Waals surface area contributed by atoms with E-state index in [0.29, 0.717) is 25.3 Å². The van der Waals surface area contributed by atoms with Gasteiger partial charge in [-0.3, -0.25) is 9.10 Å². The summed E-state index contributed by atoms with van der Waals surface area (Å²) in [6.45, 7) is -0.345. The number of rotatable bonds is 6. The maximum atomic E-state index is 14.8. The Morgan fingerprint density at radius 1 is 1.10 bits per heavy atom. The van der Waals surface area contributed by atoms with Crippen LogP contribution < -0.4 is 9.04 Å². The first-order valence-electron chi connectivity index (χ1n) is 12.0. The normalized spacial score (nSPS) is 18.6. The molecule has 1 saturated carbocycles. The van der Waals surface area contributed by atoms with E-state index in [9.17, 15) is 35.9 Å². The summed E-state index contributed by atoms with van der Waals surface area (Å²) < 4.78 is 89.5. The van der Waals surface area contributed by atoms with E-state index in [2.05, 4.69) is 0 Å². The molecule has 1 fully saturated rings. The van der Waals surface area contributed by atoms with Crippen LogP contribution in [0.5, 0.6) is 5.75 Å². The van der Waals surface area contributed by atoms with E-state index in [1.165, 1.54) is 36.4 Å². The van der Waals surface area contributed by atoms with Gasteiger partial charge in [0.1, 0.15) is 17.7 Å². The molecule has 0 aromatic heterocycles. The van der Waals surface area contributed by atoms with Crippen molar-refractivity contribution in [3.8, 4) is 16.9 Å². The van der Waals surface area contributed by atoms with E-state index in [0.717, 1.165) is 22.5 Å². The number of aliphatic carboxylic acids is 1. The van der Waals surface area contributed by atoms with Crippen LogP contribution in [0.4, 0.5) is 23.2 Å². The lowest BCUT2D eigenvalue weighted by Crippen LogP contribution is -2.49. The number of anilines is 1. The monoisotopic (exact) mass is 583 g/mol. The van der Waals surface area contributed by atoms with Crippen molar-refractivity contribution in [2.75, 3.05) is 10.8 Å². The highest BCUT2D eigenvalue weighted by molar-refractivity contribution is 7.92. The van der Waals surface area contributed by atoms with Crippen molar-refractivity contribution in [3.63, 3.8) is 0 Å². The summed E-state index contributed by atoms with van der Waals surface area (Å²) in [5, 5.41) is 9.65. The molecule has 1 heterocycles. The Kier molecular flexibility index (Phi) is 6.79. The number of sulfonamides is 1. The fourth-order valence-electron chi connectivity index (χ4n) is 5.04. The summed E-state index contributed by atoms with van der Waals surface area (Å²) in [7, 11) is -4.59. The van der Waals surface area contributed by atoms with Gasteiger partial charge in [0.05, 0.1) is 33.1 Å². The maximum Gasteiger partial charge on any atom is 0.416 e. The number of fused-ring (bicyclic) bond motifs is 1. The van der Waals surface area contributed by atoms with Gasteiger partial charge >= 0.3 is 12.1 Å². The van der Waals surface area contributed by atoms with E-state index < -0.39 is 50.0 Å². The van der Waals surface area contributed by atoms with Crippen LogP contribution in [0.25, 0.3) is 11.1 Å². The summed E-state index contributed by atoms with van der Waals surface area (Å²) in [6, 6.07) is 12.0. The molecule has 6 nitrogen and oxygen atoms in total. The molecule has 0 saturated heterocycles. The van der Waals surface area contributed by atoms with Gasteiger partial charge < -0.3 is 9.84 Å². The summed E-state index contributed by atoms with van der Waals surface area (Å²) in [5.74, 6) is -1.66. The van der Waals surface area contributed by atoms with E-state index in [1.807, 2.05) is 0 Å². The second-order valence-corrected chi connectivity index (χ2v) is 12.0. The topological polar surface area (TPSA) is 83.9 Å². The van der Waals surface area contributed by atoms with E-state index >= 15 is 0 Å². The second-order valence-electron chi connectivity index (χ2n) is 9.73. The molecule has 1 aliphatic carbocycles. The summed E-state index contributed by atoms with van der Waals surface area (Å²) in [4.78, 5) is 11.4. The zero-order valence-electron chi connectivity index (χ0n) is 20.2. The SMILES string of the molecule is O=C(O)C1(C[C@H]2CN(S(=O)(=O)c3cccc(C(F)(F)F)c3)c3cc(-c4cccc(Cl)c4F)ccc3O2)CCC1. The first-order chi connectivity index (χ1) is 18.3. The van der Waals surface area contributed by atoms with Crippen LogP contribution in [0, 0.1) is 11.2 Å². The molecular formula is C27H22ClF4NO5S. The van der Waals surface area contributed by atoms with Gasteiger partial charge in [0.25, 0.3) is 10.0 Å². The molecular weight excluding hydrogens is 562 g/mol. The Hall–Kier alpha value is -3.31. The van der Waals surface area contributed by atoms with Gasteiger partial charge in [-0.05, 0) is 54.8 Å². The summed E-state index contributed by atoms with van der Waals surface area (Å²) >= 11 is 5.92. The van der Waals surface area contributed by atoms with Gasteiger partial charge in [-0.25, -0.2) is 12.8 Å². The number of carboxylic acids is 1. The average molecular weight is 584 g/mol. The number of carboxylic acid groups (broad SMARTS) is 1. The van der Waals surface area contributed by atoms with Crippen LogP contribution in [0.15, 0.2) is 65.6 Å². The second kappa shape index (κ2) is 9.71. The van der Waals surface area contributed by atoms with Gasteiger partial charge in [0.15, 0.2) is 0 Å². The van der Waals surface area contributed by atoms with Gasteiger partial charge in [-0.15, -0.1) is 0 Å². The molecule has 0 radical (unpaired) electrons. The first kappa shape index (κ1) is 27.3. The number of benzene rings is 3. The van der Waals surface area contributed by atoms with Crippen molar-refractivity contribution < 1.29 is 40.6 Å². The third-order valence-corrected chi connectivity index (χ3v) is 9.35. The third kappa shape index (κ3) is 4.93. The van der Waals surface area contributed by atoms with Crippen molar-refractivity contribution in [1.29, 1.82) is 0 Å². The van der Waals surface area contributed by atoms with Crippen molar-refractivity contribution in [1.82, 2.24) is 0 Å². The van der Waals surface area contributed by atoms with Crippen LogP contribution in [0.3, 0.4) is 0 Å². The van der Waals surface area contributed by atoms with Crippen molar-refractivity contribution in [2.45, 2.75) is 42.9 Å². The molecule has 0 bridgehead atoms. The van der Waals surface area contributed by atoms with Crippen molar-refractivity contribution >= 4 is 33.3 Å². The number of carbonyl (C=O) groups is 1. The molecule has 3 aromatic rings. The number of ether oxygens (including phenoxy) is 1. The quantitative estimate of drug-likeness (QED) is 0.324. The molecule has 39 heavy (non-hydrogen) atoms. The minimum absolute atomic E-state index is 0.0149. The van der Waals surface area contributed by atoms with Crippen LogP contribution in [0.2, 0.25) is 5.02 Å². The Bertz CT molecular complexity index is 1560. The smallest absolute Gasteiger partial charge is 0.416 e. The molecule has 1 N–H and O–H groups in total. The number of alkyl halides is 3. The minimum Gasteiger partial charge on any atom is -0.486 e. The predicted molar refractivity (Wildman–Crippen MR) is 136 cm³/mol. The lowest BCUT2D eigenvalue weighted by molar-refractivity contribution is -0.156. The fraction of sp³-hybridized carbons (Fsp3) is 0.296. The molecule has 206 valence electrons. The van der Waals surface area contributed by atoms with Crippen molar-refractivity contribution in [3.05, 3.63) is 77.1 Å². The number of hydrogen-bond donors (Lipinski definition) is 1. The Morgan fingerprint density at radius 3 is 2.46 bits per heavy atom. The standard InChI is InChI=1S/C27H22ClF4NO5S/c28-21-7-2-6-20(24(21)29)16-8-9-23-22(12-16)33(15-18(38-23)14-26(25(34)35)10-3-11-26)39(36,37)19-5-1-4-17(13-19)27(30,31)32/h1-2,4-9,12-13,18H,3,10-11,14-15H2,(H,34,35)/t18-/m0/s1. The molecule has 3 aromatic carbocycles. The number of hydrogen-bond acceptors (Lipinski definition) is 4. The van der Waals surface area contributed by atoms with Gasteiger partial charge in [-0.1, -0.05) is 42.3 Å². The first-order valence-corrected chi connectivity index (χ1v) is 13.8. The van der Waals surface area contributed by atoms with E-state index in [1.54, 1.807) is 0 Å². The minimum atomic E-state index is -4.77. The molecule has 0 unspecified atom stereocenters. The molecule has 0 amide bonds. The van der Waals surface area contributed by atoms with E-state index in [-0.39, 0.29) is 40.6 Å². The molecule has 1 atom stereocenters. The Morgan fingerprint density at radius 2 is 1.82 bits per heavy atom. The highest BCUT2D eigenvalue weighted by Crippen LogP contribution is 2.48. The molecule has 2 aliphatic rings. The van der Waals surface area contributed by atoms with Gasteiger partial charge in [-0.2, -0.15) is 13.2 Å². The Labute approximate surface area is 226 Å². The maximum absolute atomic E-state index is 14.8. The van der Waals surface area contributed by atoms with Crippen LogP contribution in [-0.2, 0) is 21.0 Å². The lowest BCUT2D eigenvalue weighted by atomic mass is 9.65. The molecule has 0 spiro atoms. The van der Waals surface area contributed by atoms with E-state index in [4.69, 9.17) is 16.3 Å². The van der Waals surface area contributed by atoms with Gasteiger partial charge in [0, 0.05) is 12.0 Å². The van der Waals surface area contributed by atoms with Gasteiger partial charge in [0.2, 0.25) is 0 Å². The van der Waals surface area contributed by atoms with Crippen LogP contribution >= 0.6 is 11.6 Å². The largest absolute Gasteiger partial charge is 0.486 e. The zero-order chi connectivity index (χ0) is 28.2. The average Bonchev–Trinajstić information content (AvgIpc) is 2.86. The Balaban J connectivity index is 1.61. The number of nitrogens with zero attached hydrogens (tertiary/aromatic N) is 1. The lowest BCUT2D eigenvalue weighted by Gasteiger charge is -2.43. The predicted octanol–water partition coefficient (Wildman–Crippen LogP) is 6.77. The molecule has 1 aliphatic heterocycles. The molecule has 5 rings (SSSR count). The summed E-state index contributed by atoms with van der Waals surface area (Å²) in [5.41, 5.74) is -1.87. The molecule has 12 heteroatoms. The third-order valence-electron chi connectivity index (χ3n) is 7.29. The summed E-state index contributed by atoms with van der Waals surface area (Å²) in [6.07, 6.45) is -4.13.